The van der Waals surface area contributed by atoms with Gasteiger partial charge < -0.3 is 15.1 Å². The van der Waals surface area contributed by atoms with Crippen LogP contribution in [0.1, 0.15) is 68.4 Å². The van der Waals surface area contributed by atoms with Gasteiger partial charge in [0.05, 0.1) is 6.57 Å². The van der Waals surface area contributed by atoms with Crippen molar-refractivity contribution in [3.8, 4) is 5.88 Å². The minimum absolute atomic E-state index is 0.0977. The van der Waals surface area contributed by atoms with Gasteiger partial charge in [-0.1, -0.05) is 39.8 Å². The molecule has 1 aromatic carbocycles. The van der Waals surface area contributed by atoms with Gasteiger partial charge in [-0.05, 0) is 77.1 Å². The Balaban J connectivity index is 1.71. The van der Waals surface area contributed by atoms with E-state index >= 15 is 0 Å². The fraction of sp³-hybridized carbons (Fsp3) is 0.400. The summed E-state index contributed by atoms with van der Waals surface area (Å²) >= 11 is 0. The lowest BCUT2D eigenvalue weighted by molar-refractivity contribution is -0.137. The van der Waals surface area contributed by atoms with Crippen LogP contribution in [0.5, 0.6) is 5.88 Å². The van der Waals surface area contributed by atoms with Crippen LogP contribution in [-0.2, 0) is 22.2 Å². The van der Waals surface area contributed by atoms with Gasteiger partial charge in [0.25, 0.3) is 5.56 Å². The molecule has 3 heterocycles. The first-order chi connectivity index (χ1) is 17.4. The van der Waals surface area contributed by atoms with Crippen molar-refractivity contribution < 1.29 is 15.0 Å². The maximum absolute atomic E-state index is 12.8. The van der Waals surface area contributed by atoms with E-state index in [1.165, 1.54) is 22.9 Å². The Morgan fingerprint density at radius 1 is 1.16 bits per heavy atom. The number of rotatable bonds is 5. The van der Waals surface area contributed by atoms with Crippen molar-refractivity contribution in [3.63, 3.8) is 0 Å². The second-order valence-corrected chi connectivity index (χ2v) is 11.2. The van der Waals surface area contributed by atoms with E-state index in [2.05, 4.69) is 55.3 Å². The van der Waals surface area contributed by atoms with Crippen LogP contribution < -0.4 is 10.5 Å². The monoisotopic (exact) mass is 499 g/mol. The number of aliphatic carboxylic acids is 1. The fourth-order valence-corrected chi connectivity index (χ4v) is 5.32. The molecule has 0 atom stereocenters. The molecule has 7 nitrogen and oxygen atoms in total. The summed E-state index contributed by atoms with van der Waals surface area (Å²) < 4.78 is 0.692. The average Bonchev–Trinajstić information content (AvgIpc) is 2.82. The van der Waals surface area contributed by atoms with Crippen LogP contribution >= 0.6 is 0 Å². The summed E-state index contributed by atoms with van der Waals surface area (Å²) in [6.45, 7) is 19.6. The van der Waals surface area contributed by atoms with Crippen LogP contribution in [0.3, 0.4) is 0 Å². The number of aromatic nitrogens is 1. The van der Waals surface area contributed by atoms with E-state index < -0.39 is 24.0 Å². The Kier molecular flexibility index (Phi) is 6.66. The van der Waals surface area contributed by atoms with Crippen LogP contribution in [0.25, 0.3) is 17.0 Å². The molecule has 0 saturated heterocycles. The second-order valence-electron chi connectivity index (χ2n) is 11.2. The second kappa shape index (κ2) is 9.46. The van der Waals surface area contributed by atoms with Crippen LogP contribution in [0.2, 0.25) is 0 Å². The number of hydrogen-bond donors (Lipinski definition) is 2. The number of carbonyl (C=O) groups is 1. The molecule has 0 amide bonds. The number of nitrogens with zero attached hydrogens (tertiary/aromatic N) is 3. The number of allylic oxidation sites excluding steroid dienone is 2. The molecule has 2 aliphatic heterocycles. The Hall–Kier alpha value is -4.01. The van der Waals surface area contributed by atoms with Crippen molar-refractivity contribution in [2.24, 2.45) is 0 Å². The number of carboxylic acid groups (broad SMARTS) is 1. The molecule has 2 aliphatic rings. The van der Waals surface area contributed by atoms with Gasteiger partial charge in [-0.3, -0.25) is 14.2 Å². The molecule has 37 heavy (non-hydrogen) atoms. The van der Waals surface area contributed by atoms with Crippen LogP contribution in [0, 0.1) is 13.5 Å². The average molecular weight is 500 g/mol. The highest BCUT2D eigenvalue weighted by molar-refractivity contribution is 5.73. The standard InChI is InChI=1S/C30H33N3O4/c1-19-21(27(36)33(18-24(34)35)28(37)25(19)31-6)11-9-7-8-10-20-16-22-26-23(17-20)30(4,5)13-15-32(26)14-12-29(22,2)3/h7-8,10-11,16-17,37H,12-15,18H2,1-5H3,(H,34,35)/b10-8+. The van der Waals surface area contributed by atoms with Crippen LogP contribution in [-0.4, -0.2) is 33.8 Å². The number of anilines is 1. The molecular formula is C30H33N3O4. The largest absolute Gasteiger partial charge is 0.503 e. The molecule has 4 rings (SSSR count). The highest BCUT2D eigenvalue weighted by atomic mass is 16.4. The molecule has 0 spiro atoms. The lowest BCUT2D eigenvalue weighted by Gasteiger charge is -2.48. The third-order valence-electron chi connectivity index (χ3n) is 7.74. The topological polar surface area (TPSA) is 87.1 Å². The first-order valence-electron chi connectivity index (χ1n) is 12.5. The summed E-state index contributed by atoms with van der Waals surface area (Å²) in [6.07, 6.45) is 9.22. The van der Waals surface area contributed by atoms with Crippen molar-refractivity contribution in [3.05, 3.63) is 79.6 Å². The highest BCUT2D eigenvalue weighted by Crippen LogP contribution is 2.49. The van der Waals surface area contributed by atoms with E-state index in [1.807, 2.05) is 12.2 Å². The van der Waals surface area contributed by atoms with Crippen molar-refractivity contribution in [2.45, 2.75) is 64.8 Å². The lowest BCUT2D eigenvalue weighted by atomic mass is 9.69. The molecule has 192 valence electrons. The quantitative estimate of drug-likeness (QED) is 0.320. The third-order valence-corrected chi connectivity index (χ3v) is 7.74. The van der Waals surface area contributed by atoms with Gasteiger partial charge in [-0.2, -0.15) is 0 Å². The van der Waals surface area contributed by atoms with Crippen LogP contribution in [0.15, 0.2) is 34.8 Å². The van der Waals surface area contributed by atoms with E-state index in [0.717, 1.165) is 31.5 Å². The van der Waals surface area contributed by atoms with Crippen LogP contribution in [0.4, 0.5) is 11.4 Å². The zero-order valence-electron chi connectivity index (χ0n) is 22.1. The number of aromatic hydroxyl groups is 1. The van der Waals surface area contributed by atoms with E-state index in [9.17, 15) is 14.7 Å². The summed E-state index contributed by atoms with van der Waals surface area (Å²) in [5.74, 6) is -1.93. The Labute approximate surface area is 217 Å². The summed E-state index contributed by atoms with van der Waals surface area (Å²) in [6, 6.07) is 4.55. The minimum atomic E-state index is -1.29. The molecule has 0 aliphatic carbocycles. The first-order valence-corrected chi connectivity index (χ1v) is 12.5. The molecule has 1 aromatic heterocycles. The van der Waals surface area contributed by atoms with Gasteiger partial charge in [-0.25, -0.2) is 4.85 Å². The van der Waals surface area contributed by atoms with Gasteiger partial charge in [0, 0.05) is 24.3 Å². The number of carboxylic acids is 1. The molecule has 0 unspecified atom stereocenters. The molecule has 2 N–H and O–H groups in total. The summed E-state index contributed by atoms with van der Waals surface area (Å²) in [4.78, 5) is 29.8. The Morgan fingerprint density at radius 2 is 1.76 bits per heavy atom. The highest BCUT2D eigenvalue weighted by Gasteiger charge is 2.39. The van der Waals surface area contributed by atoms with E-state index in [-0.39, 0.29) is 27.6 Å². The van der Waals surface area contributed by atoms with E-state index in [1.54, 1.807) is 13.0 Å². The molecule has 7 heteroatoms. The summed E-state index contributed by atoms with van der Waals surface area (Å²) in [5, 5.41) is 19.3. The summed E-state index contributed by atoms with van der Waals surface area (Å²) in [5.41, 5.74) is 8.00. The molecule has 0 fully saturated rings. The Bertz CT molecular complexity index is 1440. The van der Waals surface area contributed by atoms with Gasteiger partial charge in [0.1, 0.15) is 6.54 Å². The molecule has 0 bridgehead atoms. The number of pyridine rings is 1. The van der Waals surface area contributed by atoms with Crippen molar-refractivity contribution >= 4 is 29.5 Å². The van der Waals surface area contributed by atoms with E-state index in [0.29, 0.717) is 4.57 Å². The summed E-state index contributed by atoms with van der Waals surface area (Å²) in [7, 11) is 0. The zero-order chi connectivity index (χ0) is 27.1. The lowest BCUT2D eigenvalue weighted by Crippen LogP contribution is -2.44. The van der Waals surface area contributed by atoms with E-state index in [4.69, 9.17) is 11.7 Å². The predicted octanol–water partition coefficient (Wildman–Crippen LogP) is 5.55. The van der Waals surface area contributed by atoms with Gasteiger partial charge in [0.2, 0.25) is 5.69 Å². The zero-order valence-corrected chi connectivity index (χ0v) is 22.1. The van der Waals surface area contributed by atoms with Gasteiger partial charge in [0.15, 0.2) is 5.88 Å². The number of hydrogen-bond acceptors (Lipinski definition) is 4. The van der Waals surface area contributed by atoms with Crippen molar-refractivity contribution in [1.29, 1.82) is 0 Å². The SMILES string of the molecule is [C-]#[N+]c1c(C)c(C=C=C/C=C/c2cc3c4c(c2)C(C)(C)CCN4CCC3(C)C)c(=O)n(CC(=O)O)c1O. The maximum Gasteiger partial charge on any atom is 0.323 e. The molecule has 2 aromatic rings. The Morgan fingerprint density at radius 3 is 2.30 bits per heavy atom. The first kappa shape index (κ1) is 26.1. The molecule has 0 radical (unpaired) electrons. The van der Waals surface area contributed by atoms with Gasteiger partial charge in [-0.15, -0.1) is 5.73 Å². The predicted molar refractivity (Wildman–Crippen MR) is 147 cm³/mol. The fourth-order valence-electron chi connectivity index (χ4n) is 5.32. The smallest absolute Gasteiger partial charge is 0.323 e. The van der Waals surface area contributed by atoms with Crippen molar-refractivity contribution in [2.75, 3.05) is 18.0 Å². The molecular weight excluding hydrogens is 466 g/mol. The van der Waals surface area contributed by atoms with Gasteiger partial charge >= 0.3 is 5.97 Å². The molecule has 0 saturated carbocycles. The maximum atomic E-state index is 12.8. The normalized spacial score (nSPS) is 17.0. The number of benzene rings is 1. The minimum Gasteiger partial charge on any atom is -0.503 e. The van der Waals surface area contributed by atoms with Crippen molar-refractivity contribution in [1.82, 2.24) is 4.57 Å². The third kappa shape index (κ3) is 4.73.